The van der Waals surface area contributed by atoms with Gasteiger partial charge < -0.3 is 29.0 Å². The van der Waals surface area contributed by atoms with E-state index in [1.807, 2.05) is 26.8 Å². The number of benzene rings is 1. The van der Waals surface area contributed by atoms with Crippen LogP contribution in [-0.4, -0.2) is 68.5 Å². The lowest BCUT2D eigenvalue weighted by atomic mass is 10.0. The van der Waals surface area contributed by atoms with E-state index in [1.165, 1.54) is 29.2 Å². The van der Waals surface area contributed by atoms with Gasteiger partial charge in [-0.05, 0) is 107 Å². The minimum Gasteiger partial charge on any atom is -0.492 e. The van der Waals surface area contributed by atoms with Crippen molar-refractivity contribution < 1.29 is 43.0 Å². The summed E-state index contributed by atoms with van der Waals surface area (Å²) in [6.07, 6.45) is 3.68. The van der Waals surface area contributed by atoms with Crippen molar-refractivity contribution in [2.75, 3.05) is 18.1 Å². The number of aromatic nitrogens is 3. The summed E-state index contributed by atoms with van der Waals surface area (Å²) in [5, 5.41) is 18.6. The van der Waals surface area contributed by atoms with Gasteiger partial charge in [0, 0.05) is 36.7 Å². The molecule has 0 radical (unpaired) electrons. The number of alkyl carbamates (subject to hydrolysis) is 1. The van der Waals surface area contributed by atoms with Crippen molar-refractivity contribution >= 4 is 35.5 Å². The lowest BCUT2D eigenvalue weighted by molar-refractivity contribution is -0.384. The molecule has 0 saturated heterocycles. The third-order valence-electron chi connectivity index (χ3n) is 7.93. The van der Waals surface area contributed by atoms with Crippen molar-refractivity contribution in [2.45, 2.75) is 123 Å². The normalized spacial score (nSPS) is 15.9. The predicted octanol–water partition coefficient (Wildman–Crippen LogP) is 8.55. The fourth-order valence-corrected chi connectivity index (χ4v) is 5.62. The molecule has 1 saturated carbocycles. The Morgan fingerprint density at radius 2 is 1.61 bits per heavy atom. The Balaban J connectivity index is 1.49. The molecule has 1 aliphatic rings. The van der Waals surface area contributed by atoms with E-state index >= 15 is 0 Å². The van der Waals surface area contributed by atoms with Crippen molar-refractivity contribution in [3.05, 3.63) is 64.6 Å². The molecule has 16 heteroatoms. The number of non-ortho nitro benzene ring substituents is 1. The number of nitro groups is 1. The lowest BCUT2D eigenvalue weighted by Crippen LogP contribution is -2.37. The third-order valence-corrected chi connectivity index (χ3v) is 7.93. The van der Waals surface area contributed by atoms with E-state index in [-0.39, 0.29) is 17.4 Å². The van der Waals surface area contributed by atoms with Crippen LogP contribution >= 0.6 is 0 Å². The predicted molar refractivity (Wildman–Crippen MR) is 199 cm³/mol. The van der Waals surface area contributed by atoms with Gasteiger partial charge in [-0.15, -0.1) is 0 Å². The Morgan fingerprint density at radius 1 is 0.926 bits per heavy atom. The zero-order chi connectivity index (χ0) is 39.8. The summed E-state index contributed by atoms with van der Waals surface area (Å²) in [5.41, 5.74) is -0.942. The van der Waals surface area contributed by atoms with Crippen molar-refractivity contribution in [1.82, 2.24) is 20.1 Å². The number of hydrogen-bond acceptors (Lipinski definition) is 12. The molecule has 2 aromatic heterocycles. The molecule has 2 heterocycles. The van der Waals surface area contributed by atoms with Crippen LogP contribution in [0.2, 0.25) is 0 Å². The second-order valence-corrected chi connectivity index (χ2v) is 16.0. The molecule has 1 fully saturated rings. The van der Waals surface area contributed by atoms with Gasteiger partial charge in [0.15, 0.2) is 0 Å². The highest BCUT2D eigenvalue weighted by atomic mass is 16.7. The van der Waals surface area contributed by atoms with Crippen LogP contribution in [0.3, 0.4) is 0 Å². The van der Waals surface area contributed by atoms with E-state index in [9.17, 15) is 24.5 Å². The van der Waals surface area contributed by atoms with E-state index in [1.54, 1.807) is 64.7 Å². The Morgan fingerprint density at radius 3 is 2.24 bits per heavy atom. The summed E-state index contributed by atoms with van der Waals surface area (Å²) in [4.78, 5) is 54.6. The van der Waals surface area contributed by atoms with Gasteiger partial charge in [-0.3, -0.25) is 15.1 Å². The quantitative estimate of drug-likeness (QED) is 0.0465. The number of carbonyl (C=O) groups excluding carboxylic acids is 3. The van der Waals surface area contributed by atoms with Gasteiger partial charge in [0.05, 0.1) is 40.8 Å². The monoisotopic (exact) mass is 752 g/mol. The number of hydrogen-bond donors (Lipinski definition) is 1. The zero-order valence-electron chi connectivity index (χ0n) is 32.5. The average Bonchev–Trinajstić information content (AvgIpc) is 3.69. The van der Waals surface area contributed by atoms with E-state index in [2.05, 4.69) is 10.3 Å². The van der Waals surface area contributed by atoms with Crippen LogP contribution in [0.25, 0.3) is 0 Å². The second kappa shape index (κ2) is 17.2. The zero-order valence-corrected chi connectivity index (χ0v) is 32.5. The van der Waals surface area contributed by atoms with E-state index in [0.29, 0.717) is 68.2 Å². The number of nitrogens with zero attached hydrogens (tertiary/aromatic N) is 5. The first-order chi connectivity index (χ1) is 25.2. The first-order valence-electron chi connectivity index (χ1n) is 18.0. The molecule has 0 spiro atoms. The number of rotatable bonds is 12. The van der Waals surface area contributed by atoms with Crippen LogP contribution in [-0.2, 0) is 19.7 Å². The fraction of sp³-hybridized carbons (Fsp3) is 0.553. The van der Waals surface area contributed by atoms with Crippen molar-refractivity contribution in [3.63, 3.8) is 0 Å². The van der Waals surface area contributed by atoms with Gasteiger partial charge in [0.25, 0.3) is 5.69 Å². The van der Waals surface area contributed by atoms with Crippen molar-refractivity contribution in [2.24, 2.45) is 0 Å². The molecule has 3 aromatic rings. The van der Waals surface area contributed by atoms with Gasteiger partial charge in [-0.2, -0.15) is 5.10 Å². The Kier molecular flexibility index (Phi) is 13.1. The van der Waals surface area contributed by atoms with Crippen molar-refractivity contribution in [3.8, 4) is 11.5 Å². The number of amides is 2. The minimum atomic E-state index is -0.904. The van der Waals surface area contributed by atoms with E-state index in [0.717, 1.165) is 0 Å². The van der Waals surface area contributed by atoms with Gasteiger partial charge in [-0.1, -0.05) is 0 Å². The number of carbonyl (C=O) groups is 3. The molecule has 0 aliphatic heterocycles. The molecule has 4 rings (SSSR count). The molecule has 1 aromatic carbocycles. The number of nitrogens with one attached hydrogen (secondary N) is 1. The number of anilines is 2. The van der Waals surface area contributed by atoms with Crippen LogP contribution in [0, 0.1) is 10.1 Å². The van der Waals surface area contributed by atoms with Crippen LogP contribution in [0.1, 0.15) is 106 Å². The maximum Gasteiger partial charge on any atom is 0.514 e. The van der Waals surface area contributed by atoms with Crippen LogP contribution in [0.5, 0.6) is 11.5 Å². The first-order valence-corrected chi connectivity index (χ1v) is 18.0. The second-order valence-electron chi connectivity index (χ2n) is 16.0. The smallest absolute Gasteiger partial charge is 0.492 e. The van der Waals surface area contributed by atoms with E-state index < -0.39 is 46.1 Å². The SMILES string of the molecule is CC(C)(C)OC(=O)NCCCCOc1cncc(N(C(=O)OC(C)(C)C)c2cc([C@H]3CC[C@@H](OC(=O)Oc4ccc([N+](=O)[O-])cc4)C3)nn2C(C)(C)C)c1. The highest BCUT2D eigenvalue weighted by Gasteiger charge is 2.36. The maximum absolute atomic E-state index is 14.0. The molecule has 2 atom stereocenters. The highest BCUT2D eigenvalue weighted by Crippen LogP contribution is 2.40. The number of unbranched alkanes of at least 4 members (excludes halogenated alkanes) is 1. The first kappa shape index (κ1) is 41.3. The summed E-state index contributed by atoms with van der Waals surface area (Å²) in [5.74, 6) is 0.940. The summed E-state index contributed by atoms with van der Waals surface area (Å²) in [6.45, 7) is 17.5. The third kappa shape index (κ3) is 12.3. The van der Waals surface area contributed by atoms with Crippen LogP contribution in [0.4, 0.5) is 31.6 Å². The molecule has 1 N–H and O–H groups in total. The molecule has 54 heavy (non-hydrogen) atoms. The number of ether oxygens (including phenoxy) is 5. The average molecular weight is 753 g/mol. The highest BCUT2D eigenvalue weighted by molar-refractivity contribution is 5.95. The topological polar surface area (TPSA) is 186 Å². The van der Waals surface area contributed by atoms with Gasteiger partial charge >= 0.3 is 18.3 Å². The summed E-state index contributed by atoms with van der Waals surface area (Å²) < 4.78 is 29.7. The Hall–Kier alpha value is -5.41. The summed E-state index contributed by atoms with van der Waals surface area (Å²) in [7, 11) is 0. The number of nitro benzene ring substituents is 1. The largest absolute Gasteiger partial charge is 0.514 e. The Bertz CT molecular complexity index is 1770. The van der Waals surface area contributed by atoms with Gasteiger partial charge in [0.2, 0.25) is 0 Å². The molecular weight excluding hydrogens is 700 g/mol. The molecule has 16 nitrogen and oxygen atoms in total. The molecule has 294 valence electrons. The summed E-state index contributed by atoms with van der Waals surface area (Å²) >= 11 is 0. The van der Waals surface area contributed by atoms with Crippen LogP contribution in [0.15, 0.2) is 48.8 Å². The minimum absolute atomic E-state index is 0.0948. The molecule has 2 amide bonds. The lowest BCUT2D eigenvalue weighted by Gasteiger charge is -2.30. The van der Waals surface area contributed by atoms with E-state index in [4.69, 9.17) is 28.8 Å². The van der Waals surface area contributed by atoms with Crippen LogP contribution < -0.4 is 19.7 Å². The fourth-order valence-electron chi connectivity index (χ4n) is 5.62. The molecular formula is C38H52N6O10. The summed E-state index contributed by atoms with van der Waals surface area (Å²) in [6, 6.07) is 8.72. The standard InChI is InChI=1S/C38H52N6O10/c1-36(2,3)43-32(22-31(41-43)25-12-15-29(20-25)52-35(47)51-28-16-13-26(14-17-28)44(48)49)42(34(46)54-38(7,8)9)27-21-30(24-39-23-27)50-19-11-10-18-40-33(45)53-37(4,5)6/h13-14,16-17,21-25,29H,10-12,15,18-20H2,1-9H3,(H,40,45)/t25-,29+/m0/s1. The maximum atomic E-state index is 14.0. The Labute approximate surface area is 315 Å². The van der Waals surface area contributed by atoms with Gasteiger partial charge in [-0.25, -0.2) is 24.0 Å². The number of pyridine rings is 1. The molecule has 0 unspecified atom stereocenters. The molecule has 0 bridgehead atoms. The van der Waals surface area contributed by atoms with Gasteiger partial charge in [0.1, 0.15) is 34.6 Å². The molecule has 1 aliphatic carbocycles. The van der Waals surface area contributed by atoms with Crippen molar-refractivity contribution in [1.29, 1.82) is 0 Å².